The Labute approximate surface area is 106 Å². The van der Waals surface area contributed by atoms with Crippen LogP contribution in [0.2, 0.25) is 0 Å². The van der Waals surface area contributed by atoms with Crippen LogP contribution in [0.4, 0.5) is 11.5 Å². The van der Waals surface area contributed by atoms with E-state index in [1.807, 2.05) is 0 Å². The standard InChI is InChI=1S/C12H18N4O2/c1-9-4-8-14-12(11(9)16(17)18)15-10-3-2-6-13-7-5-10/h4,8,10,13H,2-3,5-7H2,1H3,(H,14,15). The minimum atomic E-state index is -0.361. The van der Waals surface area contributed by atoms with Crippen molar-refractivity contribution in [1.29, 1.82) is 0 Å². The molecule has 1 aromatic rings. The maximum absolute atomic E-state index is 11.1. The molecule has 0 radical (unpaired) electrons. The summed E-state index contributed by atoms with van der Waals surface area (Å²) in [6.45, 7) is 3.69. The third-order valence-corrected chi connectivity index (χ3v) is 3.23. The van der Waals surface area contributed by atoms with Crippen molar-refractivity contribution in [2.75, 3.05) is 18.4 Å². The lowest BCUT2D eigenvalue weighted by Crippen LogP contribution is -2.22. The maximum Gasteiger partial charge on any atom is 0.314 e. The van der Waals surface area contributed by atoms with Crippen LogP contribution in [0.25, 0.3) is 0 Å². The molecule has 1 atom stereocenters. The first-order valence-electron chi connectivity index (χ1n) is 6.25. The second-order valence-corrected chi connectivity index (χ2v) is 4.60. The van der Waals surface area contributed by atoms with Gasteiger partial charge in [0, 0.05) is 17.8 Å². The summed E-state index contributed by atoms with van der Waals surface area (Å²) in [4.78, 5) is 14.8. The number of nitro groups is 1. The van der Waals surface area contributed by atoms with Crippen molar-refractivity contribution in [2.24, 2.45) is 0 Å². The van der Waals surface area contributed by atoms with Crippen LogP contribution in [0.5, 0.6) is 0 Å². The lowest BCUT2D eigenvalue weighted by Gasteiger charge is -2.16. The minimum absolute atomic E-state index is 0.0923. The van der Waals surface area contributed by atoms with Gasteiger partial charge in [-0.1, -0.05) is 0 Å². The molecule has 0 aromatic carbocycles. The maximum atomic E-state index is 11.1. The molecule has 98 valence electrons. The fraction of sp³-hybridized carbons (Fsp3) is 0.583. The quantitative estimate of drug-likeness (QED) is 0.632. The highest BCUT2D eigenvalue weighted by Gasteiger charge is 2.21. The van der Waals surface area contributed by atoms with E-state index in [9.17, 15) is 10.1 Å². The summed E-state index contributed by atoms with van der Waals surface area (Å²) in [5.41, 5.74) is 0.735. The molecule has 0 amide bonds. The van der Waals surface area contributed by atoms with E-state index >= 15 is 0 Å². The zero-order valence-corrected chi connectivity index (χ0v) is 10.5. The van der Waals surface area contributed by atoms with Crippen LogP contribution < -0.4 is 10.6 Å². The van der Waals surface area contributed by atoms with E-state index in [1.54, 1.807) is 19.2 Å². The molecule has 1 unspecified atom stereocenters. The smallest absolute Gasteiger partial charge is 0.314 e. The molecule has 0 aliphatic carbocycles. The fourth-order valence-electron chi connectivity index (χ4n) is 2.24. The van der Waals surface area contributed by atoms with Gasteiger partial charge in [0.15, 0.2) is 0 Å². The summed E-state index contributed by atoms with van der Waals surface area (Å²) in [6, 6.07) is 1.92. The first-order valence-corrected chi connectivity index (χ1v) is 6.25. The summed E-state index contributed by atoms with van der Waals surface area (Å²) >= 11 is 0. The molecule has 2 heterocycles. The Morgan fingerprint density at radius 3 is 3.11 bits per heavy atom. The number of aromatic nitrogens is 1. The summed E-state index contributed by atoms with van der Waals surface area (Å²) < 4.78 is 0. The average Bonchev–Trinajstić information content (AvgIpc) is 2.57. The van der Waals surface area contributed by atoms with Gasteiger partial charge in [-0.05, 0) is 45.3 Å². The third kappa shape index (κ3) is 2.95. The summed E-state index contributed by atoms with van der Waals surface area (Å²) in [5.74, 6) is 0.395. The zero-order valence-electron chi connectivity index (χ0n) is 10.5. The molecule has 0 bridgehead atoms. The van der Waals surface area contributed by atoms with Crippen molar-refractivity contribution in [3.8, 4) is 0 Å². The van der Waals surface area contributed by atoms with Gasteiger partial charge in [0.1, 0.15) is 0 Å². The van der Waals surface area contributed by atoms with Gasteiger partial charge < -0.3 is 10.6 Å². The summed E-state index contributed by atoms with van der Waals surface area (Å²) in [5, 5.41) is 17.6. The second-order valence-electron chi connectivity index (χ2n) is 4.60. The predicted octanol–water partition coefficient (Wildman–Crippen LogP) is 1.85. The third-order valence-electron chi connectivity index (χ3n) is 3.23. The lowest BCUT2D eigenvalue weighted by molar-refractivity contribution is -0.384. The van der Waals surface area contributed by atoms with Crippen molar-refractivity contribution in [3.63, 3.8) is 0 Å². The number of pyridine rings is 1. The molecule has 0 spiro atoms. The Kier molecular flexibility index (Phi) is 4.09. The van der Waals surface area contributed by atoms with Crippen molar-refractivity contribution >= 4 is 11.5 Å². The van der Waals surface area contributed by atoms with Crippen molar-refractivity contribution in [3.05, 3.63) is 27.9 Å². The van der Waals surface area contributed by atoms with Gasteiger partial charge in [0.2, 0.25) is 5.82 Å². The van der Waals surface area contributed by atoms with Gasteiger partial charge in [-0.2, -0.15) is 0 Å². The van der Waals surface area contributed by atoms with Gasteiger partial charge >= 0.3 is 5.69 Å². The number of hydrogen-bond acceptors (Lipinski definition) is 5. The van der Waals surface area contributed by atoms with Crippen LogP contribution in [0.15, 0.2) is 12.3 Å². The molecule has 1 saturated heterocycles. The molecule has 1 aliphatic heterocycles. The largest absolute Gasteiger partial charge is 0.362 e. The fourth-order valence-corrected chi connectivity index (χ4v) is 2.24. The molecule has 18 heavy (non-hydrogen) atoms. The summed E-state index contributed by atoms with van der Waals surface area (Å²) in [7, 11) is 0. The van der Waals surface area contributed by atoms with Crippen LogP contribution in [-0.2, 0) is 0 Å². The molecular formula is C12H18N4O2. The molecule has 6 heteroatoms. The Hall–Kier alpha value is -1.69. The average molecular weight is 250 g/mol. The highest BCUT2D eigenvalue weighted by molar-refractivity contribution is 5.60. The lowest BCUT2D eigenvalue weighted by atomic mass is 10.1. The van der Waals surface area contributed by atoms with Crippen molar-refractivity contribution < 1.29 is 4.92 Å². The number of anilines is 1. The van der Waals surface area contributed by atoms with Gasteiger partial charge in [-0.25, -0.2) is 4.98 Å². The van der Waals surface area contributed by atoms with E-state index in [-0.39, 0.29) is 16.7 Å². The molecule has 6 nitrogen and oxygen atoms in total. The Bertz CT molecular complexity index is 428. The van der Waals surface area contributed by atoms with E-state index in [0.29, 0.717) is 11.4 Å². The van der Waals surface area contributed by atoms with E-state index in [1.165, 1.54) is 0 Å². The first-order chi connectivity index (χ1) is 8.68. The Balaban J connectivity index is 2.17. The van der Waals surface area contributed by atoms with Crippen LogP contribution in [-0.4, -0.2) is 29.0 Å². The van der Waals surface area contributed by atoms with Crippen LogP contribution in [0, 0.1) is 17.0 Å². The highest BCUT2D eigenvalue weighted by Crippen LogP contribution is 2.27. The van der Waals surface area contributed by atoms with Crippen LogP contribution >= 0.6 is 0 Å². The Morgan fingerprint density at radius 1 is 1.50 bits per heavy atom. The van der Waals surface area contributed by atoms with E-state index in [0.717, 1.165) is 32.4 Å². The van der Waals surface area contributed by atoms with Crippen LogP contribution in [0.3, 0.4) is 0 Å². The highest BCUT2D eigenvalue weighted by atomic mass is 16.6. The number of hydrogen-bond donors (Lipinski definition) is 2. The van der Waals surface area contributed by atoms with Gasteiger partial charge in [-0.15, -0.1) is 0 Å². The molecule has 1 fully saturated rings. The predicted molar refractivity (Wildman–Crippen MR) is 69.8 cm³/mol. The van der Waals surface area contributed by atoms with Gasteiger partial charge in [0.05, 0.1) is 4.92 Å². The van der Waals surface area contributed by atoms with E-state index in [4.69, 9.17) is 0 Å². The van der Waals surface area contributed by atoms with Gasteiger partial charge in [-0.3, -0.25) is 10.1 Å². The topological polar surface area (TPSA) is 80.1 Å². The van der Waals surface area contributed by atoms with E-state index < -0.39 is 0 Å². The molecule has 0 saturated carbocycles. The van der Waals surface area contributed by atoms with Crippen LogP contribution in [0.1, 0.15) is 24.8 Å². The number of nitrogens with zero attached hydrogens (tertiary/aromatic N) is 2. The number of rotatable bonds is 3. The second kappa shape index (κ2) is 5.77. The van der Waals surface area contributed by atoms with E-state index in [2.05, 4.69) is 15.6 Å². The SMILES string of the molecule is Cc1ccnc(NC2CCCNCC2)c1[N+](=O)[O-]. The number of aryl methyl sites for hydroxylation is 1. The number of nitrogens with one attached hydrogen (secondary N) is 2. The van der Waals surface area contributed by atoms with Crippen molar-refractivity contribution in [2.45, 2.75) is 32.2 Å². The minimum Gasteiger partial charge on any atom is -0.362 e. The summed E-state index contributed by atoms with van der Waals surface area (Å²) in [6.07, 6.45) is 4.67. The molecule has 1 aliphatic rings. The van der Waals surface area contributed by atoms with Gasteiger partial charge in [0.25, 0.3) is 0 Å². The first kappa shape index (κ1) is 12.8. The molecule has 2 rings (SSSR count). The normalized spacial score (nSPS) is 20.2. The molecule has 1 aromatic heterocycles. The molecular weight excluding hydrogens is 232 g/mol. The van der Waals surface area contributed by atoms with Crippen molar-refractivity contribution in [1.82, 2.24) is 10.3 Å². The molecule has 2 N–H and O–H groups in total. The zero-order chi connectivity index (χ0) is 13.0. The Morgan fingerprint density at radius 2 is 2.33 bits per heavy atom. The monoisotopic (exact) mass is 250 g/mol.